The number of aromatic amines is 4. The van der Waals surface area contributed by atoms with Crippen LogP contribution in [0.3, 0.4) is 0 Å². The van der Waals surface area contributed by atoms with Gasteiger partial charge in [-0.2, -0.15) is 0 Å². The Balaban J connectivity index is 2.85. The minimum atomic E-state index is 0.520. The predicted octanol–water partition coefficient (Wildman–Crippen LogP) is 1.25. The van der Waals surface area contributed by atoms with E-state index >= 15 is 0 Å². The van der Waals surface area contributed by atoms with Crippen molar-refractivity contribution in [2.24, 2.45) is 0 Å². The molecule has 4 N–H and O–H groups in total. The fourth-order valence-electron chi connectivity index (χ4n) is 0.600. The van der Waals surface area contributed by atoms with Crippen molar-refractivity contribution >= 4 is 0 Å². The van der Waals surface area contributed by atoms with E-state index in [1.807, 2.05) is 6.20 Å². The third-order valence-corrected chi connectivity index (χ3v) is 1.19. The summed E-state index contributed by atoms with van der Waals surface area (Å²) in [6, 6.07) is 0. The van der Waals surface area contributed by atoms with E-state index in [0.717, 1.165) is 5.69 Å². The van der Waals surface area contributed by atoms with E-state index in [9.17, 15) is 0 Å². The maximum atomic E-state index is 2.96. The highest BCUT2D eigenvalue weighted by atomic mass is 15.4. The van der Waals surface area contributed by atoms with Crippen LogP contribution in [0.2, 0.25) is 0 Å². The molecule has 1 rings (SSSR count). The Kier molecular flexibility index (Phi) is 1.67. The highest BCUT2D eigenvalue weighted by molar-refractivity contribution is 4.95. The van der Waals surface area contributed by atoms with E-state index in [4.69, 9.17) is 0 Å². The van der Waals surface area contributed by atoms with Crippen LogP contribution < -0.4 is 0 Å². The van der Waals surface area contributed by atoms with Crippen molar-refractivity contribution < 1.29 is 0 Å². The highest BCUT2D eigenvalue weighted by Gasteiger charge is 1.94. The van der Waals surface area contributed by atoms with Crippen molar-refractivity contribution in [3.63, 3.8) is 0 Å². The number of aromatic nitrogens is 4. The lowest BCUT2D eigenvalue weighted by molar-refractivity contribution is 0.686. The Hall–Kier alpha value is -1.06. The summed E-state index contributed by atoms with van der Waals surface area (Å²) in [5.74, 6) is 0.520. The summed E-state index contributed by atoms with van der Waals surface area (Å²) < 4.78 is 0. The maximum Gasteiger partial charge on any atom is 0.0530 e. The van der Waals surface area contributed by atoms with Crippen LogP contribution in [0, 0.1) is 0 Å². The van der Waals surface area contributed by atoms with Crippen molar-refractivity contribution in [2.75, 3.05) is 0 Å². The molecule has 0 radical (unpaired) electrons. The molecule has 52 valence electrons. The first-order chi connectivity index (χ1) is 4.30. The fourth-order valence-corrected chi connectivity index (χ4v) is 0.600. The van der Waals surface area contributed by atoms with Gasteiger partial charge in [0, 0.05) is 6.20 Å². The lowest BCUT2D eigenvalue weighted by Crippen LogP contribution is -1.98. The topological polar surface area (TPSA) is 63.2 Å². The summed E-state index contributed by atoms with van der Waals surface area (Å²) in [6.45, 7) is 4.24. The molecular weight excluding hydrogens is 116 g/mol. The normalized spacial score (nSPS) is 10.1. The Labute approximate surface area is 53.3 Å². The zero-order chi connectivity index (χ0) is 6.69. The maximum absolute atomic E-state index is 2.96. The number of hydrogen-bond acceptors (Lipinski definition) is 0. The molecule has 0 fully saturated rings. The van der Waals surface area contributed by atoms with Gasteiger partial charge in [0.25, 0.3) is 0 Å². The Morgan fingerprint density at radius 1 is 1.33 bits per heavy atom. The minimum absolute atomic E-state index is 0.520. The van der Waals surface area contributed by atoms with E-state index in [1.165, 1.54) is 0 Å². The largest absolute Gasteiger partial charge is 0.291 e. The van der Waals surface area contributed by atoms with Gasteiger partial charge in [0.15, 0.2) is 0 Å². The van der Waals surface area contributed by atoms with Crippen molar-refractivity contribution in [1.82, 2.24) is 20.6 Å². The molecule has 0 aromatic carbocycles. The van der Waals surface area contributed by atoms with Crippen LogP contribution >= 0.6 is 0 Å². The van der Waals surface area contributed by atoms with Gasteiger partial charge in [-0.05, 0) is 5.92 Å². The molecule has 9 heavy (non-hydrogen) atoms. The van der Waals surface area contributed by atoms with Crippen LogP contribution in [0.4, 0.5) is 0 Å². The van der Waals surface area contributed by atoms with Crippen LogP contribution in [0.15, 0.2) is 6.20 Å². The van der Waals surface area contributed by atoms with Gasteiger partial charge < -0.3 is 0 Å². The zero-order valence-corrected chi connectivity index (χ0v) is 5.65. The second-order valence-corrected chi connectivity index (χ2v) is 2.27. The molecular formula is C5H12N4. The van der Waals surface area contributed by atoms with E-state index in [1.54, 1.807) is 0 Å². The molecule has 0 bridgehead atoms. The molecule has 0 aliphatic heterocycles. The molecule has 1 aromatic rings. The van der Waals surface area contributed by atoms with E-state index in [-0.39, 0.29) is 0 Å². The van der Waals surface area contributed by atoms with E-state index in [0.29, 0.717) is 5.92 Å². The Bertz CT molecular complexity index is 172. The highest BCUT2D eigenvalue weighted by Crippen LogP contribution is 2.05. The minimum Gasteiger partial charge on any atom is -0.291 e. The number of rotatable bonds is 1. The van der Waals surface area contributed by atoms with Gasteiger partial charge in [0.2, 0.25) is 0 Å². The van der Waals surface area contributed by atoms with Gasteiger partial charge in [-0.3, -0.25) is 10.2 Å². The van der Waals surface area contributed by atoms with Crippen LogP contribution in [0.25, 0.3) is 0 Å². The van der Waals surface area contributed by atoms with Gasteiger partial charge in [-0.15, -0.1) is 0 Å². The van der Waals surface area contributed by atoms with Gasteiger partial charge in [0.1, 0.15) is 0 Å². The summed E-state index contributed by atoms with van der Waals surface area (Å²) in [4.78, 5) is 0. The molecule has 0 unspecified atom stereocenters. The molecule has 4 heteroatoms. The summed E-state index contributed by atoms with van der Waals surface area (Å²) in [5, 5.41) is 11.2. The predicted molar refractivity (Wildman–Crippen MR) is 35.6 cm³/mol. The van der Waals surface area contributed by atoms with Gasteiger partial charge in [0.05, 0.1) is 5.69 Å². The molecule has 0 aliphatic rings. The molecule has 0 atom stereocenters. The SMILES string of the molecule is CC(C)c1c[nH][nH][nH][nH]1. The fraction of sp³-hybridized carbons (Fsp3) is 0.600. The first-order valence-electron chi connectivity index (χ1n) is 3.02. The van der Waals surface area contributed by atoms with E-state index < -0.39 is 0 Å². The Morgan fingerprint density at radius 2 is 2.11 bits per heavy atom. The quantitative estimate of drug-likeness (QED) is 0.440. The number of hydrogen-bond donors (Lipinski definition) is 4. The van der Waals surface area contributed by atoms with Crippen molar-refractivity contribution in [1.29, 1.82) is 0 Å². The third kappa shape index (κ3) is 1.42. The molecule has 0 amide bonds. The average Bonchev–Trinajstić information content (AvgIpc) is 1.90. The second kappa shape index (κ2) is 2.48. The van der Waals surface area contributed by atoms with Crippen LogP contribution in [-0.4, -0.2) is 20.6 Å². The monoisotopic (exact) mass is 128 g/mol. The molecule has 0 aliphatic carbocycles. The average molecular weight is 128 g/mol. The first kappa shape index (κ1) is 6.07. The van der Waals surface area contributed by atoms with Crippen LogP contribution in [-0.2, 0) is 0 Å². The van der Waals surface area contributed by atoms with Crippen molar-refractivity contribution in [3.05, 3.63) is 11.9 Å². The summed E-state index contributed by atoms with van der Waals surface area (Å²) in [5.41, 5.74) is 1.15. The molecule has 0 saturated heterocycles. The molecule has 1 aromatic heterocycles. The number of nitrogens with one attached hydrogen (secondary N) is 4. The van der Waals surface area contributed by atoms with Gasteiger partial charge in [-0.1, -0.05) is 13.8 Å². The molecule has 0 spiro atoms. The summed E-state index contributed by atoms with van der Waals surface area (Å²) in [7, 11) is 0. The van der Waals surface area contributed by atoms with Crippen molar-refractivity contribution in [2.45, 2.75) is 19.8 Å². The van der Waals surface area contributed by atoms with Crippen molar-refractivity contribution in [3.8, 4) is 0 Å². The van der Waals surface area contributed by atoms with Gasteiger partial charge in [-0.25, -0.2) is 10.4 Å². The van der Waals surface area contributed by atoms with Gasteiger partial charge >= 0.3 is 0 Å². The lowest BCUT2D eigenvalue weighted by Gasteiger charge is -2.02. The molecule has 0 saturated carbocycles. The number of H-pyrrole nitrogens is 4. The Morgan fingerprint density at radius 3 is 2.44 bits per heavy atom. The first-order valence-corrected chi connectivity index (χ1v) is 3.02. The zero-order valence-electron chi connectivity index (χ0n) is 5.65. The van der Waals surface area contributed by atoms with Crippen LogP contribution in [0.5, 0.6) is 0 Å². The van der Waals surface area contributed by atoms with Crippen LogP contribution in [0.1, 0.15) is 25.5 Å². The molecule has 4 nitrogen and oxygen atoms in total. The van der Waals surface area contributed by atoms with E-state index in [2.05, 4.69) is 34.5 Å². The second-order valence-electron chi connectivity index (χ2n) is 2.27. The summed E-state index contributed by atoms with van der Waals surface area (Å²) >= 11 is 0. The standard InChI is InChI=1S/C5H12N4/c1-4(2)5-3-6-8-9-7-5/h3-4,6-9H,1-2H3. The molecule has 1 heterocycles. The lowest BCUT2D eigenvalue weighted by atomic mass is 10.2. The summed E-state index contributed by atoms with van der Waals surface area (Å²) in [6.07, 6.45) is 1.89. The smallest absolute Gasteiger partial charge is 0.0530 e. The third-order valence-electron chi connectivity index (χ3n) is 1.19.